The summed E-state index contributed by atoms with van der Waals surface area (Å²) in [5.74, 6) is -2.77. The molecule has 5 nitrogen and oxygen atoms in total. The van der Waals surface area contributed by atoms with Crippen LogP contribution in [0.4, 0.5) is 14.5 Å². The number of amides is 1. The van der Waals surface area contributed by atoms with Crippen LogP contribution in [0.3, 0.4) is 0 Å². The maximum absolute atomic E-state index is 12.4. The van der Waals surface area contributed by atoms with E-state index in [1.54, 1.807) is 12.1 Å². The third kappa shape index (κ3) is 4.12. The van der Waals surface area contributed by atoms with Crippen LogP contribution in [0.15, 0.2) is 41.7 Å². The van der Waals surface area contributed by atoms with Crippen LogP contribution in [0.25, 0.3) is 0 Å². The summed E-state index contributed by atoms with van der Waals surface area (Å²) < 4.78 is 29.8. The second kappa shape index (κ2) is 6.98. The molecule has 0 aliphatic heterocycles. The highest BCUT2D eigenvalue weighted by Crippen LogP contribution is 2.26. The van der Waals surface area contributed by atoms with Crippen molar-refractivity contribution >= 4 is 23.4 Å². The van der Waals surface area contributed by atoms with Crippen LogP contribution in [-0.2, 0) is 0 Å². The van der Waals surface area contributed by atoms with Crippen molar-refractivity contribution in [2.24, 2.45) is 0 Å². The third-order valence-electron chi connectivity index (χ3n) is 2.42. The second-order valence-corrected chi connectivity index (χ2v) is 4.76. The SMILES string of the molecule is COc1ccc(NC(=O)c2cccnc2SC(F)F)cn1. The molecule has 0 bridgehead atoms. The lowest BCUT2D eigenvalue weighted by Gasteiger charge is -2.08. The number of anilines is 1. The van der Waals surface area contributed by atoms with E-state index < -0.39 is 11.7 Å². The minimum absolute atomic E-state index is 0.0218. The van der Waals surface area contributed by atoms with E-state index in [0.717, 1.165) is 0 Å². The quantitative estimate of drug-likeness (QED) is 0.860. The standard InChI is InChI=1S/C13H11F2N3O2S/c1-20-10-5-4-8(7-17-10)18-11(19)9-3-2-6-16-12(9)21-13(14)15/h2-7,13H,1H3,(H,18,19). The Morgan fingerprint density at radius 1 is 1.33 bits per heavy atom. The molecule has 0 aromatic carbocycles. The van der Waals surface area contributed by atoms with E-state index >= 15 is 0 Å². The van der Waals surface area contributed by atoms with Gasteiger partial charge in [0.25, 0.3) is 11.7 Å². The average molecular weight is 311 g/mol. The summed E-state index contributed by atoms with van der Waals surface area (Å²) in [7, 11) is 1.48. The van der Waals surface area contributed by atoms with Gasteiger partial charge in [-0.05, 0) is 30.0 Å². The summed E-state index contributed by atoms with van der Waals surface area (Å²) in [6.45, 7) is 0. The molecule has 2 heterocycles. The van der Waals surface area contributed by atoms with Gasteiger partial charge in [-0.3, -0.25) is 4.79 Å². The number of nitrogens with zero attached hydrogens (tertiary/aromatic N) is 2. The summed E-state index contributed by atoms with van der Waals surface area (Å²) in [6.07, 6.45) is 2.77. The fraction of sp³-hybridized carbons (Fsp3) is 0.154. The minimum atomic E-state index is -2.64. The summed E-state index contributed by atoms with van der Waals surface area (Å²) in [5.41, 5.74) is 0.510. The molecule has 1 amide bonds. The summed E-state index contributed by atoms with van der Waals surface area (Å²) in [4.78, 5) is 19.8. The predicted octanol–water partition coefficient (Wildman–Crippen LogP) is 3.05. The van der Waals surface area contributed by atoms with Crippen molar-refractivity contribution in [1.82, 2.24) is 9.97 Å². The fourth-order valence-corrected chi connectivity index (χ4v) is 2.09. The number of hydrogen-bond donors (Lipinski definition) is 1. The van der Waals surface area contributed by atoms with Gasteiger partial charge in [0.2, 0.25) is 5.88 Å². The molecule has 2 rings (SSSR count). The second-order valence-electron chi connectivity index (χ2n) is 3.78. The number of aromatic nitrogens is 2. The van der Waals surface area contributed by atoms with Gasteiger partial charge in [-0.2, -0.15) is 8.78 Å². The number of pyridine rings is 2. The Kier molecular flexibility index (Phi) is 5.04. The van der Waals surface area contributed by atoms with Gasteiger partial charge < -0.3 is 10.1 Å². The number of methoxy groups -OCH3 is 1. The number of rotatable bonds is 5. The van der Waals surface area contributed by atoms with E-state index in [0.29, 0.717) is 11.6 Å². The topological polar surface area (TPSA) is 64.1 Å². The number of carbonyl (C=O) groups is 1. The molecule has 0 fully saturated rings. The molecule has 21 heavy (non-hydrogen) atoms. The first-order valence-corrected chi connectivity index (χ1v) is 6.69. The molecule has 0 spiro atoms. The van der Waals surface area contributed by atoms with Crippen molar-refractivity contribution in [3.8, 4) is 5.88 Å². The molecule has 110 valence electrons. The van der Waals surface area contributed by atoms with Crippen LogP contribution in [0.5, 0.6) is 5.88 Å². The number of carbonyl (C=O) groups excluding carboxylic acids is 1. The van der Waals surface area contributed by atoms with Gasteiger partial charge in [0.15, 0.2) is 0 Å². The Morgan fingerprint density at radius 3 is 2.76 bits per heavy atom. The van der Waals surface area contributed by atoms with E-state index in [1.165, 1.54) is 31.6 Å². The van der Waals surface area contributed by atoms with Gasteiger partial charge >= 0.3 is 0 Å². The lowest BCUT2D eigenvalue weighted by molar-refractivity contribution is 0.102. The summed E-state index contributed by atoms with van der Waals surface area (Å²) in [5, 5.41) is 2.55. The molecule has 0 saturated heterocycles. The van der Waals surface area contributed by atoms with Crippen molar-refractivity contribution in [3.63, 3.8) is 0 Å². The number of ether oxygens (including phenoxy) is 1. The highest BCUT2D eigenvalue weighted by Gasteiger charge is 2.16. The van der Waals surface area contributed by atoms with E-state index in [-0.39, 0.29) is 22.4 Å². The van der Waals surface area contributed by atoms with Crippen molar-refractivity contribution in [2.75, 3.05) is 12.4 Å². The smallest absolute Gasteiger partial charge is 0.290 e. The zero-order valence-electron chi connectivity index (χ0n) is 10.9. The molecule has 0 aliphatic rings. The van der Waals surface area contributed by atoms with Crippen LogP contribution in [0, 0.1) is 0 Å². The molecule has 1 N–H and O–H groups in total. The van der Waals surface area contributed by atoms with E-state index in [2.05, 4.69) is 15.3 Å². The zero-order valence-corrected chi connectivity index (χ0v) is 11.7. The highest BCUT2D eigenvalue weighted by atomic mass is 32.2. The first-order valence-electron chi connectivity index (χ1n) is 5.81. The van der Waals surface area contributed by atoms with E-state index in [9.17, 15) is 13.6 Å². The Morgan fingerprint density at radius 2 is 2.14 bits per heavy atom. The number of nitrogens with one attached hydrogen (secondary N) is 1. The molecule has 0 unspecified atom stereocenters. The molecule has 0 saturated carbocycles. The Hall–Kier alpha value is -2.22. The predicted molar refractivity (Wildman–Crippen MR) is 74.8 cm³/mol. The number of hydrogen-bond acceptors (Lipinski definition) is 5. The van der Waals surface area contributed by atoms with Gasteiger partial charge in [-0.15, -0.1) is 0 Å². The third-order valence-corrected chi connectivity index (χ3v) is 3.15. The molecule has 0 aliphatic carbocycles. The van der Waals surface area contributed by atoms with Crippen molar-refractivity contribution in [3.05, 3.63) is 42.2 Å². The number of halogens is 2. The van der Waals surface area contributed by atoms with Gasteiger partial charge in [0.05, 0.1) is 24.6 Å². The molecule has 0 atom stereocenters. The lowest BCUT2D eigenvalue weighted by Crippen LogP contribution is -2.14. The van der Waals surface area contributed by atoms with Crippen molar-refractivity contribution in [2.45, 2.75) is 10.8 Å². The lowest BCUT2D eigenvalue weighted by atomic mass is 10.2. The zero-order chi connectivity index (χ0) is 15.2. The monoisotopic (exact) mass is 311 g/mol. The van der Waals surface area contributed by atoms with Crippen LogP contribution < -0.4 is 10.1 Å². The van der Waals surface area contributed by atoms with Crippen LogP contribution in [-0.4, -0.2) is 28.7 Å². The molecular formula is C13H11F2N3O2S. The Labute approximate surface area is 123 Å². The van der Waals surface area contributed by atoms with Crippen LogP contribution in [0.1, 0.15) is 10.4 Å². The van der Waals surface area contributed by atoms with Crippen LogP contribution in [0.2, 0.25) is 0 Å². The first kappa shape index (κ1) is 15.2. The average Bonchev–Trinajstić information content (AvgIpc) is 2.48. The maximum atomic E-state index is 12.4. The summed E-state index contributed by atoms with van der Waals surface area (Å²) in [6, 6.07) is 6.12. The number of alkyl halides is 2. The minimum Gasteiger partial charge on any atom is -0.481 e. The van der Waals surface area contributed by atoms with Crippen molar-refractivity contribution in [1.29, 1.82) is 0 Å². The van der Waals surface area contributed by atoms with E-state index in [4.69, 9.17) is 4.74 Å². The van der Waals surface area contributed by atoms with Gasteiger partial charge in [0, 0.05) is 12.3 Å². The first-order chi connectivity index (χ1) is 10.1. The fourth-order valence-electron chi connectivity index (χ4n) is 1.52. The van der Waals surface area contributed by atoms with Gasteiger partial charge in [0.1, 0.15) is 5.03 Å². The largest absolute Gasteiger partial charge is 0.481 e. The van der Waals surface area contributed by atoms with Gasteiger partial charge in [-0.25, -0.2) is 9.97 Å². The molecule has 2 aromatic heterocycles. The Bertz CT molecular complexity index is 623. The Balaban J connectivity index is 2.16. The van der Waals surface area contributed by atoms with Crippen molar-refractivity contribution < 1.29 is 18.3 Å². The van der Waals surface area contributed by atoms with E-state index in [1.807, 2.05) is 0 Å². The highest BCUT2D eigenvalue weighted by molar-refractivity contribution is 7.99. The molecular weight excluding hydrogens is 300 g/mol. The van der Waals surface area contributed by atoms with Gasteiger partial charge in [-0.1, -0.05) is 0 Å². The normalized spacial score (nSPS) is 10.5. The molecule has 2 aromatic rings. The van der Waals surface area contributed by atoms with Crippen LogP contribution >= 0.6 is 11.8 Å². The molecule has 8 heteroatoms. The summed E-state index contributed by atoms with van der Waals surface area (Å²) >= 11 is 0.229. The number of thioether (sulfide) groups is 1. The molecule has 0 radical (unpaired) electrons. The maximum Gasteiger partial charge on any atom is 0.290 e.